The molecule has 0 saturated heterocycles. The van der Waals surface area contributed by atoms with Gasteiger partial charge in [0.2, 0.25) is 0 Å². The zero-order valence-corrected chi connectivity index (χ0v) is 7.54. The summed E-state index contributed by atoms with van der Waals surface area (Å²) in [5.74, 6) is 0. The predicted molar refractivity (Wildman–Crippen MR) is 48.5 cm³/mol. The molecule has 2 aliphatic carbocycles. The van der Waals surface area contributed by atoms with E-state index in [-0.39, 0.29) is 0 Å². The second-order valence-electron chi connectivity index (χ2n) is 3.87. The molecule has 0 unspecified atom stereocenters. The van der Waals surface area contributed by atoms with Gasteiger partial charge in [-0.05, 0) is 57.1 Å². The minimum atomic E-state index is 1.29. The van der Waals surface area contributed by atoms with Crippen LogP contribution in [0.25, 0.3) is 0 Å². The molecule has 60 valence electrons. The second kappa shape index (κ2) is 2.51. The van der Waals surface area contributed by atoms with Crippen LogP contribution in [0.4, 0.5) is 0 Å². The van der Waals surface area contributed by atoms with Gasteiger partial charge >= 0.3 is 0 Å². The van der Waals surface area contributed by atoms with E-state index in [1.54, 1.807) is 22.3 Å². The van der Waals surface area contributed by atoms with E-state index in [9.17, 15) is 0 Å². The Kier molecular flexibility index (Phi) is 1.63. The zero-order chi connectivity index (χ0) is 7.84. The van der Waals surface area contributed by atoms with Gasteiger partial charge in [-0.3, -0.25) is 0 Å². The van der Waals surface area contributed by atoms with E-state index >= 15 is 0 Å². The summed E-state index contributed by atoms with van der Waals surface area (Å²) >= 11 is 0. The minimum absolute atomic E-state index is 1.29. The molecule has 11 heavy (non-hydrogen) atoms. The minimum Gasteiger partial charge on any atom is -0.0661 e. The molecule has 0 aromatic heterocycles. The van der Waals surface area contributed by atoms with Crippen LogP contribution in [0, 0.1) is 0 Å². The number of hydrogen-bond donors (Lipinski definition) is 0. The van der Waals surface area contributed by atoms with Crippen molar-refractivity contribution in [3.63, 3.8) is 0 Å². The van der Waals surface area contributed by atoms with Crippen LogP contribution in [0.1, 0.15) is 46.0 Å². The highest BCUT2D eigenvalue weighted by Crippen LogP contribution is 2.40. The SMILES string of the molecule is CC1=C(C)C2=C(CCCC2)C1. The van der Waals surface area contributed by atoms with Crippen LogP contribution in [0.15, 0.2) is 22.3 Å². The Labute approximate surface area is 69.0 Å². The summed E-state index contributed by atoms with van der Waals surface area (Å²) in [4.78, 5) is 0. The van der Waals surface area contributed by atoms with E-state index in [0.717, 1.165) is 0 Å². The van der Waals surface area contributed by atoms with Gasteiger partial charge in [-0.2, -0.15) is 0 Å². The molecule has 2 aliphatic rings. The Bertz CT molecular complexity index is 241. The van der Waals surface area contributed by atoms with Gasteiger partial charge in [0.15, 0.2) is 0 Å². The normalized spacial score (nSPS) is 24.5. The van der Waals surface area contributed by atoms with Crippen molar-refractivity contribution in [1.82, 2.24) is 0 Å². The topological polar surface area (TPSA) is 0 Å². The Balaban J connectivity index is 2.31. The molecule has 0 N–H and O–H groups in total. The summed E-state index contributed by atoms with van der Waals surface area (Å²) in [6, 6.07) is 0. The van der Waals surface area contributed by atoms with Gasteiger partial charge in [-0.15, -0.1) is 0 Å². The quantitative estimate of drug-likeness (QED) is 0.492. The van der Waals surface area contributed by atoms with Crippen LogP contribution in [0.2, 0.25) is 0 Å². The lowest BCUT2D eigenvalue weighted by Gasteiger charge is -2.14. The standard InChI is InChI=1S/C11H16/c1-8-7-10-5-3-4-6-11(10)9(8)2/h3-7H2,1-2H3. The highest BCUT2D eigenvalue weighted by atomic mass is 14.3. The molecule has 0 amide bonds. The van der Waals surface area contributed by atoms with Crippen molar-refractivity contribution >= 4 is 0 Å². The van der Waals surface area contributed by atoms with Gasteiger partial charge < -0.3 is 0 Å². The third-order valence-corrected chi connectivity index (χ3v) is 3.15. The molecule has 0 heterocycles. The maximum atomic E-state index is 2.29. The summed E-state index contributed by atoms with van der Waals surface area (Å²) in [5.41, 5.74) is 6.71. The molecular formula is C11H16. The van der Waals surface area contributed by atoms with Gasteiger partial charge in [0.25, 0.3) is 0 Å². The van der Waals surface area contributed by atoms with E-state index in [1.807, 2.05) is 0 Å². The zero-order valence-electron chi connectivity index (χ0n) is 7.54. The number of rotatable bonds is 0. The average Bonchev–Trinajstić information content (AvgIpc) is 2.30. The van der Waals surface area contributed by atoms with Crippen LogP contribution < -0.4 is 0 Å². The van der Waals surface area contributed by atoms with E-state index in [0.29, 0.717) is 0 Å². The Morgan fingerprint density at radius 1 is 1.00 bits per heavy atom. The molecule has 0 bridgehead atoms. The monoisotopic (exact) mass is 148 g/mol. The van der Waals surface area contributed by atoms with E-state index in [4.69, 9.17) is 0 Å². The van der Waals surface area contributed by atoms with Crippen molar-refractivity contribution < 1.29 is 0 Å². The first-order chi connectivity index (χ1) is 5.29. The van der Waals surface area contributed by atoms with Gasteiger partial charge in [0.05, 0.1) is 0 Å². The molecule has 0 aliphatic heterocycles. The lowest BCUT2D eigenvalue weighted by atomic mass is 9.91. The molecule has 0 atom stereocenters. The van der Waals surface area contributed by atoms with E-state index < -0.39 is 0 Å². The predicted octanol–water partition coefficient (Wildman–Crippen LogP) is 3.60. The van der Waals surface area contributed by atoms with Crippen LogP contribution in [-0.4, -0.2) is 0 Å². The smallest absolute Gasteiger partial charge is 0.00995 e. The van der Waals surface area contributed by atoms with Crippen molar-refractivity contribution in [1.29, 1.82) is 0 Å². The lowest BCUT2D eigenvalue weighted by Crippen LogP contribution is -1.95. The van der Waals surface area contributed by atoms with Crippen LogP contribution >= 0.6 is 0 Å². The molecule has 0 radical (unpaired) electrons. The number of allylic oxidation sites excluding steroid dienone is 4. The van der Waals surface area contributed by atoms with Crippen molar-refractivity contribution in [2.75, 3.05) is 0 Å². The highest BCUT2D eigenvalue weighted by Gasteiger charge is 2.20. The van der Waals surface area contributed by atoms with Gasteiger partial charge in [-0.1, -0.05) is 11.1 Å². The fraction of sp³-hybridized carbons (Fsp3) is 0.636. The average molecular weight is 148 g/mol. The Morgan fingerprint density at radius 2 is 1.73 bits per heavy atom. The molecule has 0 nitrogen and oxygen atoms in total. The second-order valence-corrected chi connectivity index (χ2v) is 3.87. The lowest BCUT2D eigenvalue weighted by molar-refractivity contribution is 0.676. The molecule has 2 rings (SSSR count). The van der Waals surface area contributed by atoms with E-state index in [2.05, 4.69) is 13.8 Å². The Hall–Kier alpha value is -0.520. The van der Waals surface area contributed by atoms with Crippen molar-refractivity contribution in [2.45, 2.75) is 46.0 Å². The van der Waals surface area contributed by atoms with Crippen molar-refractivity contribution in [3.05, 3.63) is 22.3 Å². The molecule has 0 heteroatoms. The van der Waals surface area contributed by atoms with Crippen LogP contribution in [0.5, 0.6) is 0 Å². The maximum Gasteiger partial charge on any atom is -0.00995 e. The van der Waals surface area contributed by atoms with Crippen LogP contribution in [0.3, 0.4) is 0 Å². The van der Waals surface area contributed by atoms with Gasteiger partial charge in [-0.25, -0.2) is 0 Å². The molecule has 0 saturated carbocycles. The first kappa shape index (κ1) is 7.15. The van der Waals surface area contributed by atoms with Gasteiger partial charge in [0, 0.05) is 0 Å². The first-order valence-corrected chi connectivity index (χ1v) is 4.66. The Morgan fingerprint density at radius 3 is 2.45 bits per heavy atom. The molecule has 0 aromatic rings. The summed E-state index contributed by atoms with van der Waals surface area (Å²) in [7, 11) is 0. The largest absolute Gasteiger partial charge is 0.0661 e. The fourth-order valence-corrected chi connectivity index (χ4v) is 2.33. The summed E-state index contributed by atoms with van der Waals surface area (Å²) in [5, 5.41) is 0. The molecule has 0 aromatic carbocycles. The summed E-state index contributed by atoms with van der Waals surface area (Å²) in [6.07, 6.45) is 6.88. The first-order valence-electron chi connectivity index (χ1n) is 4.66. The van der Waals surface area contributed by atoms with E-state index in [1.165, 1.54) is 32.1 Å². The molecular weight excluding hydrogens is 132 g/mol. The third kappa shape index (κ3) is 1.05. The molecule has 0 fully saturated rings. The van der Waals surface area contributed by atoms with Crippen molar-refractivity contribution in [2.24, 2.45) is 0 Å². The fourth-order valence-electron chi connectivity index (χ4n) is 2.33. The molecule has 0 spiro atoms. The third-order valence-electron chi connectivity index (χ3n) is 3.15. The van der Waals surface area contributed by atoms with Gasteiger partial charge in [0.1, 0.15) is 0 Å². The highest BCUT2D eigenvalue weighted by molar-refractivity contribution is 5.46. The summed E-state index contributed by atoms with van der Waals surface area (Å²) < 4.78 is 0. The summed E-state index contributed by atoms with van der Waals surface area (Å²) in [6.45, 7) is 4.58. The maximum absolute atomic E-state index is 2.29. The number of hydrogen-bond acceptors (Lipinski definition) is 0. The van der Waals surface area contributed by atoms with Crippen LogP contribution in [-0.2, 0) is 0 Å². The van der Waals surface area contributed by atoms with Crippen molar-refractivity contribution in [3.8, 4) is 0 Å².